The number of hydrogen-bond acceptors (Lipinski definition) is 3. The molecule has 1 N–H and O–H groups in total. The number of aromatic carboxylic acids is 1. The van der Waals surface area contributed by atoms with Gasteiger partial charge in [0.1, 0.15) is 0 Å². The van der Waals surface area contributed by atoms with Gasteiger partial charge >= 0.3 is 5.97 Å². The van der Waals surface area contributed by atoms with Crippen molar-refractivity contribution in [2.45, 2.75) is 25.3 Å². The highest BCUT2D eigenvalue weighted by Crippen LogP contribution is 2.16. The Hall–Kier alpha value is -1.88. The molecule has 0 spiro atoms. The van der Waals surface area contributed by atoms with Crippen LogP contribution in [0.15, 0.2) is 24.3 Å². The molecule has 1 aliphatic heterocycles. The molecule has 5 nitrogen and oxygen atoms in total. The lowest BCUT2D eigenvalue weighted by atomic mass is 10.0. The van der Waals surface area contributed by atoms with E-state index in [1.165, 1.54) is 6.07 Å². The average Bonchev–Trinajstić information content (AvgIpc) is 2.47. The van der Waals surface area contributed by atoms with Crippen molar-refractivity contribution in [1.82, 2.24) is 4.90 Å². The number of carbonyl (C=O) groups excluding carboxylic acids is 1. The first-order chi connectivity index (χ1) is 9.59. The largest absolute Gasteiger partial charge is 0.478 e. The molecule has 0 radical (unpaired) electrons. The van der Waals surface area contributed by atoms with Crippen molar-refractivity contribution in [2.75, 3.05) is 20.3 Å². The average molecular weight is 277 g/mol. The number of carboxylic acids is 1. The number of ether oxygens (including phenoxy) is 1. The van der Waals surface area contributed by atoms with E-state index in [2.05, 4.69) is 0 Å². The van der Waals surface area contributed by atoms with E-state index in [-0.39, 0.29) is 23.9 Å². The molecule has 1 aromatic rings. The maximum atomic E-state index is 12.3. The molecule has 0 aliphatic carbocycles. The SMILES string of the molecule is CN(C(=O)Cc1ccccc1C(=O)O)C1CCOCC1. The molecule has 108 valence electrons. The first-order valence-electron chi connectivity index (χ1n) is 6.74. The first-order valence-corrected chi connectivity index (χ1v) is 6.74. The van der Waals surface area contributed by atoms with E-state index in [9.17, 15) is 9.59 Å². The van der Waals surface area contributed by atoms with Gasteiger partial charge < -0.3 is 14.7 Å². The summed E-state index contributed by atoms with van der Waals surface area (Å²) in [5.41, 5.74) is 0.755. The van der Waals surface area contributed by atoms with Gasteiger partial charge in [0, 0.05) is 26.3 Å². The van der Waals surface area contributed by atoms with E-state index in [0.29, 0.717) is 18.8 Å². The zero-order chi connectivity index (χ0) is 14.5. The Morgan fingerprint density at radius 2 is 1.95 bits per heavy atom. The summed E-state index contributed by atoms with van der Waals surface area (Å²) < 4.78 is 5.28. The van der Waals surface area contributed by atoms with Gasteiger partial charge in [-0.3, -0.25) is 4.79 Å². The highest BCUT2D eigenvalue weighted by molar-refractivity contribution is 5.91. The van der Waals surface area contributed by atoms with Crippen LogP contribution in [0.25, 0.3) is 0 Å². The Bertz CT molecular complexity index is 494. The van der Waals surface area contributed by atoms with E-state index in [4.69, 9.17) is 9.84 Å². The number of carbonyl (C=O) groups is 2. The molecule has 0 unspecified atom stereocenters. The highest BCUT2D eigenvalue weighted by atomic mass is 16.5. The Morgan fingerprint density at radius 3 is 2.60 bits per heavy atom. The minimum Gasteiger partial charge on any atom is -0.478 e. The third kappa shape index (κ3) is 3.36. The van der Waals surface area contributed by atoms with Crippen molar-refractivity contribution < 1.29 is 19.4 Å². The normalized spacial score (nSPS) is 15.8. The Morgan fingerprint density at radius 1 is 1.30 bits per heavy atom. The molecule has 2 rings (SSSR count). The van der Waals surface area contributed by atoms with Gasteiger partial charge in [0.25, 0.3) is 0 Å². The number of nitrogens with zero attached hydrogens (tertiary/aromatic N) is 1. The molecule has 1 amide bonds. The van der Waals surface area contributed by atoms with Gasteiger partial charge in [-0.25, -0.2) is 4.79 Å². The maximum absolute atomic E-state index is 12.3. The van der Waals surface area contributed by atoms with Gasteiger partial charge in [-0.05, 0) is 24.5 Å². The summed E-state index contributed by atoms with van der Waals surface area (Å²) in [6.45, 7) is 1.35. The van der Waals surface area contributed by atoms with Gasteiger partial charge in [-0.15, -0.1) is 0 Å². The topological polar surface area (TPSA) is 66.8 Å². The van der Waals surface area contributed by atoms with Gasteiger partial charge in [0.15, 0.2) is 0 Å². The van der Waals surface area contributed by atoms with Crippen LogP contribution in [0, 0.1) is 0 Å². The summed E-state index contributed by atoms with van der Waals surface area (Å²) >= 11 is 0. The van der Waals surface area contributed by atoms with Gasteiger partial charge in [-0.1, -0.05) is 18.2 Å². The van der Waals surface area contributed by atoms with Gasteiger partial charge in [0.05, 0.1) is 12.0 Å². The molecule has 0 atom stereocenters. The number of benzene rings is 1. The summed E-state index contributed by atoms with van der Waals surface area (Å²) in [5, 5.41) is 9.12. The van der Waals surface area contributed by atoms with Crippen LogP contribution < -0.4 is 0 Å². The predicted octanol–water partition coefficient (Wildman–Crippen LogP) is 1.56. The van der Waals surface area contributed by atoms with Crippen LogP contribution in [0.3, 0.4) is 0 Å². The summed E-state index contributed by atoms with van der Waals surface area (Å²) in [4.78, 5) is 25.1. The van der Waals surface area contributed by atoms with Crippen molar-refractivity contribution in [3.05, 3.63) is 35.4 Å². The fourth-order valence-corrected chi connectivity index (χ4v) is 2.45. The van der Waals surface area contributed by atoms with Crippen LogP contribution in [-0.4, -0.2) is 48.2 Å². The lowest BCUT2D eigenvalue weighted by molar-refractivity contribution is -0.132. The second-order valence-electron chi connectivity index (χ2n) is 4.99. The van der Waals surface area contributed by atoms with E-state index < -0.39 is 5.97 Å². The molecule has 5 heteroatoms. The lowest BCUT2D eigenvalue weighted by Crippen LogP contribution is -2.41. The van der Waals surface area contributed by atoms with E-state index >= 15 is 0 Å². The maximum Gasteiger partial charge on any atom is 0.335 e. The summed E-state index contributed by atoms with van der Waals surface area (Å²) in [7, 11) is 1.78. The van der Waals surface area contributed by atoms with Crippen LogP contribution in [-0.2, 0) is 16.0 Å². The number of hydrogen-bond donors (Lipinski definition) is 1. The fraction of sp³-hybridized carbons (Fsp3) is 0.467. The van der Waals surface area contributed by atoms with Crippen LogP contribution in [0.5, 0.6) is 0 Å². The van der Waals surface area contributed by atoms with Crippen LogP contribution in [0.4, 0.5) is 0 Å². The third-order valence-electron chi connectivity index (χ3n) is 3.72. The van der Waals surface area contributed by atoms with Crippen molar-refractivity contribution >= 4 is 11.9 Å². The Balaban J connectivity index is 2.05. The van der Waals surface area contributed by atoms with Crippen LogP contribution in [0.2, 0.25) is 0 Å². The Kier molecular flexibility index (Phi) is 4.74. The quantitative estimate of drug-likeness (QED) is 0.907. The third-order valence-corrected chi connectivity index (χ3v) is 3.72. The molecule has 1 aromatic carbocycles. The summed E-state index contributed by atoms with van der Waals surface area (Å²) in [6.07, 6.45) is 1.79. The van der Waals surface area contributed by atoms with Crippen molar-refractivity contribution in [3.63, 3.8) is 0 Å². The zero-order valence-electron chi connectivity index (χ0n) is 11.5. The molecule has 20 heavy (non-hydrogen) atoms. The second-order valence-corrected chi connectivity index (χ2v) is 4.99. The number of likely N-dealkylation sites (N-methyl/N-ethyl adjacent to an activating group) is 1. The standard InChI is InChI=1S/C15H19NO4/c1-16(12-6-8-20-9-7-12)14(17)10-11-4-2-3-5-13(11)15(18)19/h2-5,12H,6-10H2,1H3,(H,18,19). The van der Waals surface area contributed by atoms with E-state index in [1.807, 2.05) is 0 Å². The van der Waals surface area contributed by atoms with Crippen molar-refractivity contribution in [3.8, 4) is 0 Å². The molecular weight excluding hydrogens is 258 g/mol. The highest BCUT2D eigenvalue weighted by Gasteiger charge is 2.23. The molecule has 1 aliphatic rings. The van der Waals surface area contributed by atoms with Crippen LogP contribution in [0.1, 0.15) is 28.8 Å². The molecule has 1 heterocycles. The number of carboxylic acid groups (broad SMARTS) is 1. The molecular formula is C15H19NO4. The van der Waals surface area contributed by atoms with Crippen molar-refractivity contribution in [1.29, 1.82) is 0 Å². The van der Waals surface area contributed by atoms with Crippen LogP contribution >= 0.6 is 0 Å². The fourth-order valence-electron chi connectivity index (χ4n) is 2.45. The molecule has 0 bridgehead atoms. The lowest BCUT2D eigenvalue weighted by Gasteiger charge is -2.31. The Labute approximate surface area is 118 Å². The summed E-state index contributed by atoms with van der Waals surface area (Å²) in [5.74, 6) is -1.05. The van der Waals surface area contributed by atoms with E-state index in [0.717, 1.165) is 12.8 Å². The van der Waals surface area contributed by atoms with E-state index in [1.54, 1.807) is 30.1 Å². The molecule has 1 fully saturated rings. The summed E-state index contributed by atoms with van der Waals surface area (Å²) in [6, 6.07) is 6.83. The van der Waals surface area contributed by atoms with Gasteiger partial charge in [0.2, 0.25) is 5.91 Å². The monoisotopic (exact) mass is 277 g/mol. The second kappa shape index (κ2) is 6.52. The van der Waals surface area contributed by atoms with Gasteiger partial charge in [-0.2, -0.15) is 0 Å². The molecule has 0 saturated carbocycles. The van der Waals surface area contributed by atoms with Crippen molar-refractivity contribution in [2.24, 2.45) is 0 Å². The minimum atomic E-state index is -0.998. The number of rotatable bonds is 4. The number of amides is 1. The zero-order valence-corrected chi connectivity index (χ0v) is 11.5. The first kappa shape index (κ1) is 14.5. The smallest absolute Gasteiger partial charge is 0.335 e. The predicted molar refractivity (Wildman–Crippen MR) is 73.7 cm³/mol. The minimum absolute atomic E-state index is 0.0504. The molecule has 1 saturated heterocycles. The molecule has 0 aromatic heterocycles.